The van der Waals surface area contributed by atoms with Crippen LogP contribution in [0.4, 0.5) is 10.5 Å². The average Bonchev–Trinajstić information content (AvgIpc) is 2.29. The van der Waals surface area contributed by atoms with Gasteiger partial charge in [0.15, 0.2) is 0 Å². The van der Waals surface area contributed by atoms with Crippen molar-refractivity contribution in [2.24, 2.45) is 0 Å². The number of aliphatic hydroxyl groups is 1. The molecule has 1 unspecified atom stereocenters. The Morgan fingerprint density at radius 1 is 1.40 bits per heavy atom. The van der Waals surface area contributed by atoms with Gasteiger partial charge in [-0.25, -0.2) is 4.79 Å². The third-order valence-electron chi connectivity index (χ3n) is 2.43. The molecule has 0 aliphatic carbocycles. The summed E-state index contributed by atoms with van der Waals surface area (Å²) in [5.74, 6) is 0.0184. The lowest BCUT2D eigenvalue weighted by molar-refractivity contribution is 0.0635. The van der Waals surface area contributed by atoms with E-state index in [-0.39, 0.29) is 5.75 Å². The van der Waals surface area contributed by atoms with E-state index in [0.29, 0.717) is 17.8 Å². The SMILES string of the molecule is CNCC(O)c1cc(O)ccc1NC(=O)OC(C)(C)C. The number of hydrogen-bond acceptors (Lipinski definition) is 5. The Morgan fingerprint density at radius 3 is 2.60 bits per heavy atom. The van der Waals surface area contributed by atoms with Gasteiger partial charge in [-0.3, -0.25) is 5.32 Å². The molecule has 1 aromatic rings. The topological polar surface area (TPSA) is 90.8 Å². The molecule has 0 aliphatic heterocycles. The number of nitrogens with one attached hydrogen (secondary N) is 2. The van der Waals surface area contributed by atoms with E-state index < -0.39 is 17.8 Å². The van der Waals surface area contributed by atoms with Crippen LogP contribution in [-0.4, -0.2) is 35.5 Å². The molecule has 0 saturated carbocycles. The van der Waals surface area contributed by atoms with Crippen molar-refractivity contribution in [1.29, 1.82) is 0 Å². The molecule has 0 aliphatic rings. The van der Waals surface area contributed by atoms with Crippen LogP contribution in [0.2, 0.25) is 0 Å². The average molecular weight is 282 g/mol. The molecule has 0 saturated heterocycles. The quantitative estimate of drug-likeness (QED) is 0.634. The van der Waals surface area contributed by atoms with Crippen LogP contribution in [0.3, 0.4) is 0 Å². The molecular formula is C14H22N2O4. The molecule has 0 aromatic heterocycles. The predicted octanol–water partition coefficient (Wildman–Crippen LogP) is 1.99. The maximum absolute atomic E-state index is 11.8. The Hall–Kier alpha value is -1.79. The van der Waals surface area contributed by atoms with Crippen molar-refractivity contribution < 1.29 is 19.7 Å². The predicted molar refractivity (Wildman–Crippen MR) is 76.9 cm³/mol. The molecule has 0 radical (unpaired) electrons. The minimum atomic E-state index is -0.850. The number of anilines is 1. The van der Waals surface area contributed by atoms with Crippen molar-refractivity contribution in [2.45, 2.75) is 32.5 Å². The zero-order valence-corrected chi connectivity index (χ0v) is 12.2. The first-order valence-electron chi connectivity index (χ1n) is 6.38. The molecule has 1 atom stereocenters. The molecule has 4 N–H and O–H groups in total. The number of aromatic hydroxyl groups is 1. The second-order valence-electron chi connectivity index (χ2n) is 5.47. The molecule has 0 bridgehead atoms. The molecule has 20 heavy (non-hydrogen) atoms. The largest absolute Gasteiger partial charge is 0.508 e. The second-order valence-corrected chi connectivity index (χ2v) is 5.47. The molecule has 0 heterocycles. The first kappa shape index (κ1) is 16.3. The van der Waals surface area contributed by atoms with Gasteiger partial charge in [0.05, 0.1) is 11.8 Å². The minimum Gasteiger partial charge on any atom is -0.508 e. The molecule has 0 fully saturated rings. The number of carbonyl (C=O) groups is 1. The van der Waals surface area contributed by atoms with E-state index >= 15 is 0 Å². The minimum absolute atomic E-state index is 0.0184. The maximum Gasteiger partial charge on any atom is 0.412 e. The highest BCUT2D eigenvalue weighted by Gasteiger charge is 2.19. The standard InChI is InChI=1S/C14H22N2O4/c1-14(2,3)20-13(19)16-11-6-5-9(17)7-10(11)12(18)8-15-4/h5-7,12,15,17-18H,8H2,1-4H3,(H,16,19). The fourth-order valence-electron chi connectivity index (χ4n) is 1.66. The molecule has 112 valence electrons. The number of amides is 1. The summed E-state index contributed by atoms with van der Waals surface area (Å²) in [6, 6.07) is 4.37. The molecule has 6 nitrogen and oxygen atoms in total. The number of rotatable bonds is 4. The number of aliphatic hydroxyl groups excluding tert-OH is 1. The van der Waals surface area contributed by atoms with Crippen LogP contribution < -0.4 is 10.6 Å². The highest BCUT2D eigenvalue weighted by Crippen LogP contribution is 2.27. The third-order valence-corrected chi connectivity index (χ3v) is 2.43. The number of likely N-dealkylation sites (N-methyl/N-ethyl adjacent to an activating group) is 1. The highest BCUT2D eigenvalue weighted by atomic mass is 16.6. The fraction of sp³-hybridized carbons (Fsp3) is 0.500. The maximum atomic E-state index is 11.8. The summed E-state index contributed by atoms with van der Waals surface area (Å²) in [5.41, 5.74) is 0.218. The van der Waals surface area contributed by atoms with E-state index in [0.717, 1.165) is 0 Å². The smallest absolute Gasteiger partial charge is 0.412 e. The van der Waals surface area contributed by atoms with Gasteiger partial charge in [-0.2, -0.15) is 0 Å². The van der Waals surface area contributed by atoms with Gasteiger partial charge < -0.3 is 20.3 Å². The first-order chi connectivity index (χ1) is 9.23. The van der Waals surface area contributed by atoms with Gasteiger partial charge in [-0.1, -0.05) is 0 Å². The summed E-state index contributed by atoms with van der Waals surface area (Å²) in [6.07, 6.45) is -1.46. The van der Waals surface area contributed by atoms with Crippen molar-refractivity contribution >= 4 is 11.8 Å². The lowest BCUT2D eigenvalue weighted by atomic mass is 10.1. The van der Waals surface area contributed by atoms with Crippen LogP contribution >= 0.6 is 0 Å². The third kappa shape index (κ3) is 5.07. The lowest BCUT2D eigenvalue weighted by Gasteiger charge is -2.21. The van der Waals surface area contributed by atoms with Crippen LogP contribution in [0.1, 0.15) is 32.4 Å². The van der Waals surface area contributed by atoms with Crippen LogP contribution in [0.5, 0.6) is 5.75 Å². The van der Waals surface area contributed by atoms with Crippen molar-refractivity contribution in [2.75, 3.05) is 18.9 Å². The molecule has 1 amide bonds. The Kier molecular flexibility index (Phi) is 5.35. The summed E-state index contributed by atoms with van der Waals surface area (Å²) < 4.78 is 5.16. The van der Waals surface area contributed by atoms with Crippen molar-refractivity contribution in [3.63, 3.8) is 0 Å². The Labute approximate surface area is 118 Å². The zero-order chi connectivity index (χ0) is 15.3. The Balaban J connectivity index is 2.91. The number of benzene rings is 1. The molecule has 1 aromatic carbocycles. The summed E-state index contributed by atoms with van der Waals surface area (Å²) in [4.78, 5) is 11.8. The van der Waals surface area contributed by atoms with Crippen LogP contribution in [0, 0.1) is 0 Å². The molecule has 0 spiro atoms. The molecular weight excluding hydrogens is 260 g/mol. The summed E-state index contributed by atoms with van der Waals surface area (Å²) >= 11 is 0. The van der Waals surface area contributed by atoms with Crippen LogP contribution in [0.15, 0.2) is 18.2 Å². The van der Waals surface area contributed by atoms with E-state index in [1.807, 2.05) is 0 Å². The fourth-order valence-corrected chi connectivity index (χ4v) is 1.66. The van der Waals surface area contributed by atoms with E-state index in [1.54, 1.807) is 27.8 Å². The Morgan fingerprint density at radius 2 is 2.05 bits per heavy atom. The van der Waals surface area contributed by atoms with Crippen molar-refractivity contribution in [1.82, 2.24) is 5.32 Å². The number of hydrogen-bond donors (Lipinski definition) is 4. The van der Waals surface area contributed by atoms with Crippen LogP contribution in [0.25, 0.3) is 0 Å². The van der Waals surface area contributed by atoms with Gasteiger partial charge in [-0.15, -0.1) is 0 Å². The van der Waals surface area contributed by atoms with Gasteiger partial charge in [-0.05, 0) is 46.0 Å². The van der Waals surface area contributed by atoms with E-state index in [9.17, 15) is 15.0 Å². The van der Waals surface area contributed by atoms with Crippen LogP contribution in [-0.2, 0) is 4.74 Å². The number of phenols is 1. The number of phenolic OH excluding ortho intramolecular Hbond substituents is 1. The summed E-state index contributed by atoms with van der Waals surface area (Å²) in [6.45, 7) is 5.59. The summed E-state index contributed by atoms with van der Waals surface area (Å²) in [7, 11) is 1.70. The molecule has 6 heteroatoms. The summed E-state index contributed by atoms with van der Waals surface area (Å²) in [5, 5.41) is 24.9. The first-order valence-corrected chi connectivity index (χ1v) is 6.38. The van der Waals surface area contributed by atoms with Gasteiger partial charge in [0, 0.05) is 12.1 Å². The van der Waals surface area contributed by atoms with E-state index in [4.69, 9.17) is 4.74 Å². The molecule has 1 rings (SSSR count). The number of carbonyl (C=O) groups excluding carboxylic acids is 1. The van der Waals surface area contributed by atoms with Gasteiger partial charge in [0.2, 0.25) is 0 Å². The van der Waals surface area contributed by atoms with Gasteiger partial charge in [0.25, 0.3) is 0 Å². The van der Waals surface area contributed by atoms with Gasteiger partial charge in [0.1, 0.15) is 11.4 Å². The second kappa shape index (κ2) is 6.58. The lowest BCUT2D eigenvalue weighted by Crippen LogP contribution is -2.28. The van der Waals surface area contributed by atoms with Crippen molar-refractivity contribution in [3.05, 3.63) is 23.8 Å². The van der Waals surface area contributed by atoms with Crippen molar-refractivity contribution in [3.8, 4) is 5.75 Å². The monoisotopic (exact) mass is 282 g/mol. The van der Waals surface area contributed by atoms with E-state index in [2.05, 4.69) is 10.6 Å². The zero-order valence-electron chi connectivity index (χ0n) is 12.2. The highest BCUT2D eigenvalue weighted by molar-refractivity contribution is 5.86. The Bertz CT molecular complexity index is 469. The van der Waals surface area contributed by atoms with Gasteiger partial charge >= 0.3 is 6.09 Å². The number of ether oxygens (including phenoxy) is 1. The normalized spacial score (nSPS) is 12.8. The van der Waals surface area contributed by atoms with E-state index in [1.165, 1.54) is 18.2 Å².